The van der Waals surface area contributed by atoms with Gasteiger partial charge in [0.25, 0.3) is 9.26 Å². The summed E-state index contributed by atoms with van der Waals surface area (Å²) >= 11 is 0. The molecule has 0 fully saturated rings. The first-order chi connectivity index (χ1) is 2.77. The van der Waals surface area contributed by atoms with Crippen LogP contribution in [0.1, 0.15) is 6.92 Å². The van der Waals surface area contributed by atoms with Crippen molar-refractivity contribution in [3.8, 4) is 0 Å². The zero-order valence-corrected chi connectivity index (χ0v) is 4.84. The van der Waals surface area contributed by atoms with Gasteiger partial charge in [-0.05, 0) is 22.2 Å². The molecule has 36 valence electrons. The maximum absolute atomic E-state index is 9.53. The van der Waals surface area contributed by atoms with E-state index in [1.807, 2.05) is 0 Å². The van der Waals surface area contributed by atoms with Gasteiger partial charge >= 0.3 is 0 Å². The molecular formula is C2H4O2S2. The van der Waals surface area contributed by atoms with E-state index in [0.29, 0.717) is 0 Å². The first-order valence-corrected chi connectivity index (χ1v) is 3.78. The molecule has 0 N–H and O–H groups in total. The molecule has 0 amide bonds. The van der Waals surface area contributed by atoms with Crippen LogP contribution in [-0.2, 0) is 19.2 Å². The van der Waals surface area contributed by atoms with Crippen molar-refractivity contribution < 1.29 is 8.42 Å². The second-order valence-electron chi connectivity index (χ2n) is 0.536. The van der Waals surface area contributed by atoms with Crippen molar-refractivity contribution in [2.75, 3.05) is 0 Å². The predicted octanol–water partition coefficient (Wildman–Crippen LogP) is -0.315. The van der Waals surface area contributed by atoms with Crippen molar-refractivity contribution in [3.05, 3.63) is 0 Å². The van der Waals surface area contributed by atoms with E-state index in [1.165, 1.54) is 5.37 Å². The highest BCUT2D eigenvalue weighted by molar-refractivity contribution is 8.22. The van der Waals surface area contributed by atoms with Crippen molar-refractivity contribution in [2.45, 2.75) is 6.92 Å². The summed E-state index contributed by atoms with van der Waals surface area (Å²) in [5, 5.41) is 1.50. The van der Waals surface area contributed by atoms with E-state index in [0.717, 1.165) is 9.91 Å². The third-order valence-corrected chi connectivity index (χ3v) is 1.57. The Labute approximate surface area is 40.5 Å². The molecule has 0 aromatic carbocycles. The average Bonchev–Trinajstić information content (AvgIpc) is 1.35. The van der Waals surface area contributed by atoms with Gasteiger partial charge < -0.3 is 0 Å². The van der Waals surface area contributed by atoms with Gasteiger partial charge in [0.2, 0.25) is 0 Å². The van der Waals surface area contributed by atoms with E-state index < -0.39 is 9.26 Å². The molecule has 0 aliphatic rings. The summed E-state index contributed by atoms with van der Waals surface area (Å²) in [4.78, 5) is 0. The summed E-state index contributed by atoms with van der Waals surface area (Å²) in [5.74, 6) is 0. The molecule has 0 spiro atoms. The van der Waals surface area contributed by atoms with Gasteiger partial charge in [0, 0.05) is 0 Å². The minimum absolute atomic E-state index is 0.778. The van der Waals surface area contributed by atoms with Crippen molar-refractivity contribution in [1.29, 1.82) is 0 Å². The van der Waals surface area contributed by atoms with Gasteiger partial charge in [0.1, 0.15) is 0 Å². The first-order valence-electron chi connectivity index (χ1n) is 1.31. The van der Waals surface area contributed by atoms with Crippen LogP contribution < -0.4 is 0 Å². The summed E-state index contributed by atoms with van der Waals surface area (Å²) in [6.45, 7) is 1.67. The quantitative estimate of drug-likeness (QED) is 0.415. The molecule has 0 aliphatic heterocycles. The molecule has 2 nitrogen and oxygen atoms in total. The molecular weight excluding hydrogens is 120 g/mol. The molecule has 0 heterocycles. The molecule has 0 aromatic rings. The van der Waals surface area contributed by atoms with Crippen molar-refractivity contribution in [1.82, 2.24) is 0 Å². The number of rotatable bonds is 0. The molecule has 6 heavy (non-hydrogen) atoms. The minimum atomic E-state index is -1.95. The van der Waals surface area contributed by atoms with Crippen LogP contribution in [0.5, 0.6) is 0 Å². The fraction of sp³-hybridized carbons (Fsp3) is 0.500. The molecule has 0 saturated carbocycles. The van der Waals surface area contributed by atoms with Gasteiger partial charge in [-0.2, -0.15) is 8.42 Å². The Morgan fingerprint density at radius 1 is 1.67 bits per heavy atom. The molecule has 4 heteroatoms. The summed E-state index contributed by atoms with van der Waals surface area (Å²) in [5.41, 5.74) is 0. The average molecular weight is 124 g/mol. The Kier molecular flexibility index (Phi) is 3.07. The molecule has 0 atom stereocenters. The van der Waals surface area contributed by atoms with Gasteiger partial charge in [-0.15, -0.1) is 0 Å². The zero-order valence-electron chi connectivity index (χ0n) is 3.21. The fourth-order valence-corrected chi connectivity index (χ4v) is 0.707. The fourth-order valence-electron chi connectivity index (χ4n) is 0.0786. The van der Waals surface area contributed by atoms with E-state index in [-0.39, 0.29) is 0 Å². The Morgan fingerprint density at radius 2 is 2.17 bits per heavy atom. The lowest BCUT2D eigenvalue weighted by Crippen LogP contribution is -1.52. The molecule has 0 bridgehead atoms. The predicted molar refractivity (Wildman–Crippen MR) is 28.0 cm³/mol. The van der Waals surface area contributed by atoms with Crippen LogP contribution in [0.3, 0.4) is 0 Å². The van der Waals surface area contributed by atoms with Gasteiger partial charge in [0.05, 0.1) is 0 Å². The number of hydrogen-bond donors (Lipinski definition) is 0. The molecule has 0 rings (SSSR count). The Morgan fingerprint density at radius 3 is 2.17 bits per heavy atom. The standard InChI is InChI=1S/C2H4O2S2/c1-2-5-6(3)4/h2H,1H3. The molecule has 0 radical (unpaired) electrons. The van der Waals surface area contributed by atoms with E-state index in [4.69, 9.17) is 0 Å². The summed E-state index contributed by atoms with van der Waals surface area (Å²) < 4.78 is 19.1. The van der Waals surface area contributed by atoms with Crippen LogP contribution in [-0.4, -0.2) is 13.8 Å². The third kappa shape index (κ3) is 3.91. The molecule has 0 unspecified atom stereocenters. The second-order valence-corrected chi connectivity index (χ2v) is 3.00. The number of hydrogen-bond acceptors (Lipinski definition) is 2. The SMILES string of the molecule is CC=S=S(=O)=O. The molecule has 0 aromatic heterocycles. The highest BCUT2D eigenvalue weighted by Crippen LogP contribution is 1.33. The lowest BCUT2D eigenvalue weighted by Gasteiger charge is -1.39. The van der Waals surface area contributed by atoms with Gasteiger partial charge in [-0.1, -0.05) is 0 Å². The van der Waals surface area contributed by atoms with Crippen LogP contribution in [0.4, 0.5) is 0 Å². The van der Waals surface area contributed by atoms with E-state index in [9.17, 15) is 8.42 Å². The van der Waals surface area contributed by atoms with Crippen LogP contribution in [0.15, 0.2) is 0 Å². The van der Waals surface area contributed by atoms with E-state index in [1.54, 1.807) is 6.92 Å². The molecule has 0 aliphatic carbocycles. The zero-order chi connectivity index (χ0) is 4.99. The van der Waals surface area contributed by atoms with Crippen LogP contribution in [0.2, 0.25) is 0 Å². The summed E-state index contributed by atoms with van der Waals surface area (Å²) in [7, 11) is -1.18. The Bertz CT molecular complexity index is 162. The Balaban J connectivity index is 4.66. The first kappa shape index (κ1) is 5.91. The summed E-state index contributed by atoms with van der Waals surface area (Å²) in [6, 6.07) is 0. The van der Waals surface area contributed by atoms with Crippen molar-refractivity contribution in [3.63, 3.8) is 0 Å². The van der Waals surface area contributed by atoms with Crippen molar-refractivity contribution in [2.24, 2.45) is 0 Å². The minimum Gasteiger partial charge on any atom is -0.173 e. The highest BCUT2D eigenvalue weighted by atomic mass is 32.8. The second kappa shape index (κ2) is 3.11. The highest BCUT2D eigenvalue weighted by Gasteiger charge is 1.46. The lowest BCUT2D eigenvalue weighted by atomic mass is 11.0. The van der Waals surface area contributed by atoms with Gasteiger partial charge in [-0.25, -0.2) is 0 Å². The third-order valence-electron chi connectivity index (χ3n) is 0.175. The topological polar surface area (TPSA) is 34.1 Å². The van der Waals surface area contributed by atoms with Gasteiger partial charge in [-0.3, -0.25) is 0 Å². The van der Waals surface area contributed by atoms with Crippen LogP contribution in [0, 0.1) is 0 Å². The monoisotopic (exact) mass is 124 g/mol. The Hall–Kier alpha value is -0.0900. The summed E-state index contributed by atoms with van der Waals surface area (Å²) in [6.07, 6.45) is 0. The van der Waals surface area contributed by atoms with Gasteiger partial charge in [0.15, 0.2) is 0 Å². The maximum Gasteiger partial charge on any atom is 0.273 e. The molecule has 0 saturated heterocycles. The van der Waals surface area contributed by atoms with Crippen LogP contribution >= 0.6 is 0 Å². The van der Waals surface area contributed by atoms with E-state index >= 15 is 0 Å². The lowest BCUT2D eigenvalue weighted by molar-refractivity contribution is 0.628. The largest absolute Gasteiger partial charge is 0.273 e. The normalized spacial score (nSPS) is 6.83. The van der Waals surface area contributed by atoms with Crippen molar-refractivity contribution >= 4 is 24.5 Å². The van der Waals surface area contributed by atoms with Crippen LogP contribution in [0.25, 0.3) is 0 Å². The maximum atomic E-state index is 9.53. The smallest absolute Gasteiger partial charge is 0.173 e. The van der Waals surface area contributed by atoms with E-state index in [2.05, 4.69) is 0 Å².